The molecule has 0 saturated carbocycles. The second-order valence-electron chi connectivity index (χ2n) is 5.81. The van der Waals surface area contributed by atoms with E-state index in [1.165, 1.54) is 12.5 Å². The lowest BCUT2D eigenvalue weighted by molar-refractivity contribution is 0.200. The Bertz CT molecular complexity index is 825. The van der Waals surface area contributed by atoms with Crippen molar-refractivity contribution >= 4 is 11.8 Å². The smallest absolute Gasteiger partial charge is 0.412 e. The zero-order valence-corrected chi connectivity index (χ0v) is 15.1. The van der Waals surface area contributed by atoms with Crippen LogP contribution in [0.4, 0.5) is 4.79 Å². The van der Waals surface area contributed by atoms with Gasteiger partial charge in [0.25, 0.3) is 0 Å². The van der Waals surface area contributed by atoms with Crippen molar-refractivity contribution in [3.63, 3.8) is 0 Å². The molecule has 138 valence electrons. The maximum atomic E-state index is 11.9. The van der Waals surface area contributed by atoms with Gasteiger partial charge in [0.2, 0.25) is 0 Å². The molecule has 7 nitrogen and oxygen atoms in total. The number of rotatable bonds is 6. The lowest BCUT2D eigenvalue weighted by Crippen LogP contribution is -2.27. The number of furan rings is 1. The van der Waals surface area contributed by atoms with E-state index in [2.05, 4.69) is 10.3 Å². The molecule has 26 heavy (non-hydrogen) atoms. The van der Waals surface area contributed by atoms with Crippen LogP contribution in [0, 0.1) is 0 Å². The van der Waals surface area contributed by atoms with Crippen LogP contribution >= 0.6 is 0 Å². The Labute approximate surface area is 152 Å². The van der Waals surface area contributed by atoms with Crippen LogP contribution in [-0.2, 0) is 6.42 Å². The monoisotopic (exact) mass is 358 g/mol. The fraction of sp³-hybridized carbons (Fsp3) is 0.368. The van der Waals surface area contributed by atoms with Crippen molar-refractivity contribution in [1.29, 1.82) is 0 Å². The van der Waals surface area contributed by atoms with Gasteiger partial charge in [0.05, 0.1) is 25.5 Å². The number of benzene rings is 1. The standard InChI is InChI=1S/C19H22N2O5/c1-4-6-21-19(22)26-17-11-25-10-14(17)18-13-9-16(24-3)15(23-2)8-12(13)5-7-20-18/h8-11H,4-7H2,1-3H3,(H,21,22). The Morgan fingerprint density at radius 1 is 1.15 bits per heavy atom. The first kappa shape index (κ1) is 17.8. The summed E-state index contributed by atoms with van der Waals surface area (Å²) < 4.78 is 21.4. The first-order valence-electron chi connectivity index (χ1n) is 8.49. The number of carbonyl (C=O) groups excluding carboxylic acids is 1. The van der Waals surface area contributed by atoms with Gasteiger partial charge in [-0.1, -0.05) is 6.92 Å². The van der Waals surface area contributed by atoms with Crippen molar-refractivity contribution in [2.24, 2.45) is 4.99 Å². The maximum absolute atomic E-state index is 11.9. The summed E-state index contributed by atoms with van der Waals surface area (Å²) in [5.74, 6) is 1.63. The molecule has 0 aliphatic carbocycles. The Morgan fingerprint density at radius 2 is 1.92 bits per heavy atom. The van der Waals surface area contributed by atoms with Gasteiger partial charge in [-0.2, -0.15) is 0 Å². The second kappa shape index (κ2) is 7.95. The average molecular weight is 358 g/mol. The highest BCUT2D eigenvalue weighted by Gasteiger charge is 2.24. The number of carbonyl (C=O) groups is 1. The molecule has 0 bridgehead atoms. The normalized spacial score (nSPS) is 12.8. The molecular formula is C19H22N2O5. The molecule has 1 aromatic carbocycles. The molecule has 0 fully saturated rings. The quantitative estimate of drug-likeness (QED) is 0.857. The Balaban J connectivity index is 1.94. The molecule has 1 aromatic heterocycles. The van der Waals surface area contributed by atoms with Gasteiger partial charge in [-0.25, -0.2) is 4.79 Å². The van der Waals surface area contributed by atoms with Crippen LogP contribution < -0.4 is 19.5 Å². The van der Waals surface area contributed by atoms with E-state index >= 15 is 0 Å². The highest BCUT2D eigenvalue weighted by molar-refractivity contribution is 6.16. The lowest BCUT2D eigenvalue weighted by atomic mass is 9.93. The molecular weight excluding hydrogens is 336 g/mol. The largest absolute Gasteiger partial charge is 0.493 e. The molecule has 0 spiro atoms. The highest BCUT2D eigenvalue weighted by atomic mass is 16.6. The number of methoxy groups -OCH3 is 2. The fourth-order valence-electron chi connectivity index (χ4n) is 2.85. The number of nitrogens with zero attached hydrogens (tertiary/aromatic N) is 1. The summed E-state index contributed by atoms with van der Waals surface area (Å²) in [6.07, 6.45) is 4.04. The van der Waals surface area contributed by atoms with Crippen LogP contribution in [0.2, 0.25) is 0 Å². The van der Waals surface area contributed by atoms with Crippen LogP contribution in [-0.4, -0.2) is 39.1 Å². The SMILES string of the molecule is CCCNC(=O)Oc1cocc1C1=NCCc2cc(OC)c(OC)cc21. The molecule has 1 aliphatic heterocycles. The minimum atomic E-state index is -0.515. The van der Waals surface area contributed by atoms with Crippen LogP contribution in [0.3, 0.4) is 0 Å². The molecule has 1 N–H and O–H groups in total. The fourth-order valence-corrected chi connectivity index (χ4v) is 2.85. The van der Waals surface area contributed by atoms with Crippen molar-refractivity contribution in [2.45, 2.75) is 19.8 Å². The molecule has 2 aromatic rings. The van der Waals surface area contributed by atoms with Gasteiger partial charge in [-0.05, 0) is 30.5 Å². The molecule has 3 rings (SSSR count). The van der Waals surface area contributed by atoms with Gasteiger partial charge in [0.1, 0.15) is 12.5 Å². The van der Waals surface area contributed by atoms with Crippen molar-refractivity contribution in [2.75, 3.05) is 27.3 Å². The Hall–Kier alpha value is -2.96. The number of ether oxygens (including phenoxy) is 3. The summed E-state index contributed by atoms with van der Waals surface area (Å²) in [5, 5.41) is 2.67. The van der Waals surface area contributed by atoms with E-state index in [0.717, 1.165) is 24.0 Å². The van der Waals surface area contributed by atoms with E-state index in [1.807, 2.05) is 19.1 Å². The third-order valence-electron chi connectivity index (χ3n) is 4.12. The molecule has 2 heterocycles. The van der Waals surface area contributed by atoms with Crippen LogP contribution in [0.15, 0.2) is 34.1 Å². The minimum Gasteiger partial charge on any atom is -0.493 e. The van der Waals surface area contributed by atoms with E-state index in [-0.39, 0.29) is 0 Å². The van der Waals surface area contributed by atoms with Gasteiger partial charge in [-0.3, -0.25) is 4.99 Å². The molecule has 0 radical (unpaired) electrons. The summed E-state index contributed by atoms with van der Waals surface area (Å²) >= 11 is 0. The first-order chi connectivity index (χ1) is 12.7. The maximum Gasteiger partial charge on any atom is 0.412 e. The van der Waals surface area contributed by atoms with Crippen LogP contribution in [0.1, 0.15) is 30.0 Å². The predicted molar refractivity (Wildman–Crippen MR) is 96.8 cm³/mol. The first-order valence-corrected chi connectivity index (χ1v) is 8.49. The number of nitrogens with one attached hydrogen (secondary N) is 1. The Kier molecular flexibility index (Phi) is 5.46. The summed E-state index contributed by atoms with van der Waals surface area (Å²) in [7, 11) is 3.20. The number of hydrogen-bond donors (Lipinski definition) is 1. The van der Waals surface area contributed by atoms with Gasteiger partial charge >= 0.3 is 6.09 Å². The second-order valence-corrected chi connectivity index (χ2v) is 5.81. The molecule has 1 aliphatic rings. The third kappa shape index (κ3) is 3.51. The summed E-state index contributed by atoms with van der Waals surface area (Å²) in [5.41, 5.74) is 3.34. The van der Waals surface area contributed by atoms with Crippen molar-refractivity contribution in [3.05, 3.63) is 41.3 Å². The topological polar surface area (TPSA) is 82.3 Å². The summed E-state index contributed by atoms with van der Waals surface area (Å²) in [6.45, 7) is 3.15. The zero-order chi connectivity index (χ0) is 18.5. The zero-order valence-electron chi connectivity index (χ0n) is 15.1. The number of hydrogen-bond acceptors (Lipinski definition) is 6. The Morgan fingerprint density at radius 3 is 2.65 bits per heavy atom. The molecule has 7 heteroatoms. The molecule has 0 unspecified atom stereocenters. The van der Waals surface area contributed by atoms with Gasteiger partial charge in [0, 0.05) is 18.7 Å². The lowest BCUT2D eigenvalue weighted by Gasteiger charge is -2.19. The van der Waals surface area contributed by atoms with E-state index in [1.54, 1.807) is 14.2 Å². The average Bonchev–Trinajstić information content (AvgIpc) is 3.12. The third-order valence-corrected chi connectivity index (χ3v) is 4.12. The van der Waals surface area contributed by atoms with Gasteiger partial charge in [0.15, 0.2) is 17.2 Å². The number of aliphatic imine (C=N–C) groups is 1. The van der Waals surface area contributed by atoms with Crippen molar-refractivity contribution in [3.8, 4) is 17.2 Å². The van der Waals surface area contributed by atoms with Crippen molar-refractivity contribution < 1.29 is 23.4 Å². The minimum absolute atomic E-state index is 0.333. The number of fused-ring (bicyclic) bond motifs is 1. The van der Waals surface area contributed by atoms with Crippen LogP contribution in [0.25, 0.3) is 0 Å². The van der Waals surface area contributed by atoms with E-state index in [0.29, 0.717) is 41.6 Å². The van der Waals surface area contributed by atoms with E-state index in [4.69, 9.17) is 18.6 Å². The van der Waals surface area contributed by atoms with E-state index < -0.39 is 6.09 Å². The molecule has 1 amide bonds. The summed E-state index contributed by atoms with van der Waals surface area (Å²) in [6, 6.07) is 3.84. The van der Waals surface area contributed by atoms with Gasteiger partial charge < -0.3 is 23.9 Å². The highest BCUT2D eigenvalue weighted by Crippen LogP contribution is 2.35. The van der Waals surface area contributed by atoms with Crippen LogP contribution in [0.5, 0.6) is 17.2 Å². The molecule has 0 saturated heterocycles. The molecule has 0 atom stereocenters. The predicted octanol–water partition coefficient (Wildman–Crippen LogP) is 3.19. The van der Waals surface area contributed by atoms with Crippen molar-refractivity contribution in [1.82, 2.24) is 5.32 Å². The van der Waals surface area contributed by atoms with Gasteiger partial charge in [-0.15, -0.1) is 0 Å². The number of amides is 1. The summed E-state index contributed by atoms with van der Waals surface area (Å²) in [4.78, 5) is 16.5. The van der Waals surface area contributed by atoms with E-state index in [9.17, 15) is 4.79 Å².